The number of nitrogens with zero attached hydrogens (tertiary/aromatic N) is 2. The van der Waals surface area contributed by atoms with E-state index in [1.54, 1.807) is 0 Å². The van der Waals surface area contributed by atoms with Crippen molar-refractivity contribution < 1.29 is 4.74 Å². The molecule has 0 bridgehead atoms. The van der Waals surface area contributed by atoms with Gasteiger partial charge in [0.05, 0.1) is 16.4 Å². The Hall–Kier alpha value is -1.68. The summed E-state index contributed by atoms with van der Waals surface area (Å²) in [7, 11) is 0. The Labute approximate surface area is 124 Å². The summed E-state index contributed by atoms with van der Waals surface area (Å²) in [5.41, 5.74) is 9.38. The van der Waals surface area contributed by atoms with Crippen molar-refractivity contribution in [2.45, 2.75) is 40.3 Å². The average molecular weight is 294 g/mol. The van der Waals surface area contributed by atoms with Gasteiger partial charge in [0, 0.05) is 17.8 Å². The SMILES string of the molecule is CCc1nn(CC)c(COc2cccc(N)c2C)c1Cl. The van der Waals surface area contributed by atoms with E-state index in [4.69, 9.17) is 22.1 Å². The minimum Gasteiger partial charge on any atom is -0.487 e. The Morgan fingerprint density at radius 1 is 1.35 bits per heavy atom. The number of nitrogens with two attached hydrogens (primary N) is 1. The van der Waals surface area contributed by atoms with Crippen molar-refractivity contribution in [1.29, 1.82) is 0 Å². The van der Waals surface area contributed by atoms with Gasteiger partial charge in [-0.3, -0.25) is 4.68 Å². The molecule has 5 heteroatoms. The topological polar surface area (TPSA) is 53.1 Å². The lowest BCUT2D eigenvalue weighted by Gasteiger charge is -2.11. The van der Waals surface area contributed by atoms with Crippen LogP contribution >= 0.6 is 11.6 Å². The highest BCUT2D eigenvalue weighted by molar-refractivity contribution is 6.31. The summed E-state index contributed by atoms with van der Waals surface area (Å²) in [6.45, 7) is 7.19. The van der Waals surface area contributed by atoms with E-state index in [9.17, 15) is 0 Å². The minimum atomic E-state index is 0.393. The summed E-state index contributed by atoms with van der Waals surface area (Å²) in [5, 5.41) is 5.18. The first-order valence-electron chi connectivity index (χ1n) is 6.80. The van der Waals surface area contributed by atoms with Gasteiger partial charge in [0.15, 0.2) is 0 Å². The molecule has 0 saturated carbocycles. The number of nitrogen functional groups attached to an aromatic ring is 1. The lowest BCUT2D eigenvalue weighted by Crippen LogP contribution is -2.07. The molecule has 0 aliphatic carbocycles. The molecule has 1 aromatic carbocycles. The van der Waals surface area contributed by atoms with E-state index in [0.29, 0.717) is 11.6 Å². The molecule has 0 unspecified atom stereocenters. The zero-order chi connectivity index (χ0) is 14.7. The number of rotatable bonds is 5. The monoisotopic (exact) mass is 293 g/mol. The van der Waals surface area contributed by atoms with Crippen molar-refractivity contribution in [3.8, 4) is 5.75 Å². The third-order valence-electron chi connectivity index (χ3n) is 3.38. The number of halogens is 1. The van der Waals surface area contributed by atoms with Crippen molar-refractivity contribution in [2.24, 2.45) is 0 Å². The zero-order valence-corrected chi connectivity index (χ0v) is 12.9. The summed E-state index contributed by atoms with van der Waals surface area (Å²) in [6, 6.07) is 5.65. The molecular formula is C15H20ClN3O. The minimum absolute atomic E-state index is 0.393. The van der Waals surface area contributed by atoms with Gasteiger partial charge in [-0.2, -0.15) is 5.10 Å². The molecule has 4 nitrogen and oxygen atoms in total. The summed E-state index contributed by atoms with van der Waals surface area (Å²) in [5.74, 6) is 0.781. The standard InChI is InChI=1S/C15H20ClN3O/c1-4-12-15(16)13(19(5-2)18-12)9-20-14-8-6-7-11(17)10(14)3/h6-8H,4-5,9,17H2,1-3H3. The van der Waals surface area contributed by atoms with Gasteiger partial charge in [-0.05, 0) is 32.4 Å². The summed E-state index contributed by atoms with van der Waals surface area (Å²) >= 11 is 6.36. The predicted molar refractivity (Wildman–Crippen MR) is 82.2 cm³/mol. The second-order valence-electron chi connectivity index (χ2n) is 4.64. The van der Waals surface area contributed by atoms with Crippen LogP contribution in [0.15, 0.2) is 18.2 Å². The van der Waals surface area contributed by atoms with Crippen LogP contribution in [-0.4, -0.2) is 9.78 Å². The van der Waals surface area contributed by atoms with Gasteiger partial charge in [0.2, 0.25) is 0 Å². The summed E-state index contributed by atoms with van der Waals surface area (Å²) in [6.07, 6.45) is 0.816. The van der Waals surface area contributed by atoms with E-state index in [1.807, 2.05) is 43.7 Å². The van der Waals surface area contributed by atoms with E-state index in [-0.39, 0.29) is 0 Å². The number of hydrogen-bond donors (Lipinski definition) is 1. The lowest BCUT2D eigenvalue weighted by atomic mass is 10.2. The van der Waals surface area contributed by atoms with E-state index in [1.165, 1.54) is 0 Å². The average Bonchev–Trinajstić information content (AvgIpc) is 2.76. The van der Waals surface area contributed by atoms with Crippen molar-refractivity contribution in [3.05, 3.63) is 40.2 Å². The molecule has 2 aromatic rings. The zero-order valence-electron chi connectivity index (χ0n) is 12.1. The number of ether oxygens (including phenoxy) is 1. The lowest BCUT2D eigenvalue weighted by molar-refractivity contribution is 0.291. The van der Waals surface area contributed by atoms with Gasteiger partial charge >= 0.3 is 0 Å². The van der Waals surface area contributed by atoms with Crippen LogP contribution in [0, 0.1) is 6.92 Å². The highest BCUT2D eigenvalue weighted by Gasteiger charge is 2.15. The summed E-state index contributed by atoms with van der Waals surface area (Å²) in [4.78, 5) is 0. The number of anilines is 1. The van der Waals surface area contributed by atoms with E-state index < -0.39 is 0 Å². The predicted octanol–water partition coefficient (Wildman–Crippen LogP) is 3.59. The van der Waals surface area contributed by atoms with Gasteiger partial charge in [-0.15, -0.1) is 0 Å². The van der Waals surface area contributed by atoms with Gasteiger partial charge in [0.25, 0.3) is 0 Å². The van der Waals surface area contributed by atoms with Crippen LogP contribution < -0.4 is 10.5 Å². The van der Waals surface area contributed by atoms with Gasteiger partial charge in [0.1, 0.15) is 12.4 Å². The normalized spacial score (nSPS) is 10.8. The van der Waals surface area contributed by atoms with Crippen LogP contribution in [0.1, 0.15) is 30.8 Å². The molecule has 2 rings (SSSR count). The maximum absolute atomic E-state index is 6.36. The molecule has 108 valence electrons. The fraction of sp³-hybridized carbons (Fsp3) is 0.400. The number of benzene rings is 1. The van der Waals surface area contributed by atoms with E-state index in [0.717, 1.165) is 41.4 Å². The molecule has 2 N–H and O–H groups in total. The largest absolute Gasteiger partial charge is 0.487 e. The third kappa shape index (κ3) is 2.75. The Balaban J connectivity index is 2.22. The first-order valence-corrected chi connectivity index (χ1v) is 7.18. The molecule has 20 heavy (non-hydrogen) atoms. The number of hydrogen-bond acceptors (Lipinski definition) is 3. The van der Waals surface area contributed by atoms with E-state index >= 15 is 0 Å². The van der Waals surface area contributed by atoms with Crippen LogP contribution in [0.2, 0.25) is 5.02 Å². The van der Waals surface area contributed by atoms with Crippen LogP contribution in [0.3, 0.4) is 0 Å². The second kappa shape index (κ2) is 6.18. The molecule has 0 saturated heterocycles. The fourth-order valence-corrected chi connectivity index (χ4v) is 2.41. The Morgan fingerprint density at radius 3 is 2.75 bits per heavy atom. The Kier molecular flexibility index (Phi) is 4.55. The van der Waals surface area contributed by atoms with Crippen molar-refractivity contribution in [3.63, 3.8) is 0 Å². The fourth-order valence-electron chi connectivity index (χ4n) is 2.09. The van der Waals surface area contributed by atoms with Crippen molar-refractivity contribution >= 4 is 17.3 Å². The number of aromatic nitrogens is 2. The molecular weight excluding hydrogens is 274 g/mol. The molecule has 1 heterocycles. The van der Waals surface area contributed by atoms with Crippen LogP contribution in [0.5, 0.6) is 5.75 Å². The van der Waals surface area contributed by atoms with Crippen LogP contribution in [0.4, 0.5) is 5.69 Å². The van der Waals surface area contributed by atoms with Crippen LogP contribution in [-0.2, 0) is 19.6 Å². The quantitative estimate of drug-likeness (QED) is 0.857. The molecule has 0 fully saturated rings. The Morgan fingerprint density at radius 2 is 2.10 bits per heavy atom. The molecule has 0 amide bonds. The molecule has 0 aliphatic rings. The summed E-state index contributed by atoms with van der Waals surface area (Å²) < 4.78 is 7.75. The first-order chi connectivity index (χ1) is 9.58. The maximum atomic E-state index is 6.36. The third-order valence-corrected chi connectivity index (χ3v) is 3.82. The molecule has 0 aliphatic heterocycles. The molecule has 0 atom stereocenters. The van der Waals surface area contributed by atoms with Crippen LogP contribution in [0.25, 0.3) is 0 Å². The van der Waals surface area contributed by atoms with Gasteiger partial charge < -0.3 is 10.5 Å². The van der Waals surface area contributed by atoms with Crippen molar-refractivity contribution in [1.82, 2.24) is 9.78 Å². The van der Waals surface area contributed by atoms with E-state index in [2.05, 4.69) is 5.10 Å². The Bertz CT molecular complexity index is 607. The van der Waals surface area contributed by atoms with Gasteiger partial charge in [-0.25, -0.2) is 0 Å². The first kappa shape index (κ1) is 14.7. The van der Waals surface area contributed by atoms with Crippen molar-refractivity contribution in [2.75, 3.05) is 5.73 Å². The smallest absolute Gasteiger partial charge is 0.131 e. The highest BCUT2D eigenvalue weighted by Crippen LogP contribution is 2.26. The molecule has 0 radical (unpaired) electrons. The number of aryl methyl sites for hydroxylation is 2. The van der Waals surface area contributed by atoms with Gasteiger partial charge in [-0.1, -0.05) is 24.6 Å². The molecule has 0 spiro atoms. The second-order valence-corrected chi connectivity index (χ2v) is 5.01. The molecule has 1 aromatic heterocycles. The highest BCUT2D eigenvalue weighted by atomic mass is 35.5. The maximum Gasteiger partial charge on any atom is 0.131 e.